The first-order valence-corrected chi connectivity index (χ1v) is 6.51. The summed E-state index contributed by atoms with van der Waals surface area (Å²) in [6, 6.07) is 2.52. The molecule has 0 spiro atoms. The van der Waals surface area contributed by atoms with Gasteiger partial charge in [0, 0.05) is 18.7 Å². The van der Waals surface area contributed by atoms with Gasteiger partial charge in [-0.3, -0.25) is 0 Å². The Morgan fingerprint density at radius 2 is 2.06 bits per heavy atom. The van der Waals surface area contributed by atoms with Gasteiger partial charge in [0.25, 0.3) is 0 Å². The van der Waals surface area contributed by atoms with E-state index in [0.29, 0.717) is 17.8 Å². The fourth-order valence-corrected chi connectivity index (χ4v) is 2.56. The van der Waals surface area contributed by atoms with Gasteiger partial charge in [0.2, 0.25) is 0 Å². The minimum atomic E-state index is 0.557. The van der Waals surface area contributed by atoms with Crippen LogP contribution in [-0.2, 0) is 0 Å². The van der Waals surface area contributed by atoms with Crippen molar-refractivity contribution in [3.63, 3.8) is 0 Å². The van der Waals surface area contributed by atoms with Crippen LogP contribution in [0, 0.1) is 5.92 Å². The fourth-order valence-electron chi connectivity index (χ4n) is 2.56. The smallest absolute Gasteiger partial charge is 0.134 e. The minimum absolute atomic E-state index is 0.557. The van der Waals surface area contributed by atoms with E-state index >= 15 is 0 Å². The molecule has 94 valence electrons. The fraction of sp³-hybridized carbons (Fsp3) is 0.692. The lowest BCUT2D eigenvalue weighted by Crippen LogP contribution is -2.37. The molecule has 0 atom stereocenters. The molecule has 4 heteroatoms. The summed E-state index contributed by atoms with van der Waals surface area (Å²) >= 11 is 0. The third-order valence-electron chi connectivity index (χ3n) is 3.30. The van der Waals surface area contributed by atoms with E-state index in [0.717, 1.165) is 12.4 Å². The Morgan fingerprint density at radius 3 is 2.65 bits per heavy atom. The number of hydrogen-bond acceptors (Lipinski definition) is 4. The van der Waals surface area contributed by atoms with Gasteiger partial charge in [-0.25, -0.2) is 9.97 Å². The summed E-state index contributed by atoms with van der Waals surface area (Å²) in [7, 11) is 0. The van der Waals surface area contributed by atoms with E-state index in [1.807, 2.05) is 6.07 Å². The van der Waals surface area contributed by atoms with Crippen LogP contribution >= 0.6 is 0 Å². The van der Waals surface area contributed by atoms with E-state index in [1.165, 1.54) is 25.7 Å². The van der Waals surface area contributed by atoms with E-state index in [4.69, 9.17) is 5.73 Å². The monoisotopic (exact) mass is 234 g/mol. The molecule has 1 heterocycles. The van der Waals surface area contributed by atoms with Crippen molar-refractivity contribution in [1.82, 2.24) is 9.97 Å². The van der Waals surface area contributed by atoms with Gasteiger partial charge in [-0.2, -0.15) is 0 Å². The lowest BCUT2D eigenvalue weighted by atomic mass is 10.1. The van der Waals surface area contributed by atoms with E-state index in [1.54, 1.807) is 6.33 Å². The topological polar surface area (TPSA) is 55.0 Å². The predicted molar refractivity (Wildman–Crippen MR) is 70.9 cm³/mol. The van der Waals surface area contributed by atoms with Crippen LogP contribution in [0.3, 0.4) is 0 Å². The van der Waals surface area contributed by atoms with Crippen molar-refractivity contribution in [2.75, 3.05) is 17.2 Å². The van der Waals surface area contributed by atoms with Crippen molar-refractivity contribution in [2.45, 2.75) is 45.6 Å². The normalized spacial score (nSPS) is 16.6. The highest BCUT2D eigenvalue weighted by atomic mass is 15.2. The van der Waals surface area contributed by atoms with Crippen molar-refractivity contribution in [3.8, 4) is 0 Å². The van der Waals surface area contributed by atoms with Crippen LogP contribution in [0.4, 0.5) is 11.6 Å². The van der Waals surface area contributed by atoms with Crippen LogP contribution in [0.1, 0.15) is 39.5 Å². The maximum Gasteiger partial charge on any atom is 0.134 e. The molecule has 0 radical (unpaired) electrons. The Balaban J connectivity index is 2.19. The number of anilines is 2. The molecule has 2 N–H and O–H groups in total. The Labute approximate surface area is 103 Å². The number of rotatable bonds is 4. The molecule has 2 rings (SSSR count). The summed E-state index contributed by atoms with van der Waals surface area (Å²) in [5.41, 5.74) is 5.75. The zero-order valence-electron chi connectivity index (χ0n) is 10.8. The first-order valence-electron chi connectivity index (χ1n) is 6.51. The Morgan fingerprint density at radius 1 is 1.35 bits per heavy atom. The molecular formula is C13H22N4. The highest BCUT2D eigenvalue weighted by Gasteiger charge is 2.24. The van der Waals surface area contributed by atoms with E-state index in [9.17, 15) is 0 Å². The van der Waals surface area contributed by atoms with Crippen LogP contribution in [0.2, 0.25) is 0 Å². The van der Waals surface area contributed by atoms with Crippen molar-refractivity contribution in [3.05, 3.63) is 12.4 Å². The molecule has 1 aromatic heterocycles. The van der Waals surface area contributed by atoms with Gasteiger partial charge in [0.15, 0.2) is 0 Å². The second-order valence-electron chi connectivity index (χ2n) is 5.29. The minimum Gasteiger partial charge on any atom is -0.384 e. The first kappa shape index (κ1) is 12.1. The van der Waals surface area contributed by atoms with Crippen molar-refractivity contribution >= 4 is 11.6 Å². The molecule has 1 aliphatic carbocycles. The molecule has 1 aromatic rings. The molecule has 0 unspecified atom stereocenters. The van der Waals surface area contributed by atoms with Crippen LogP contribution in [-0.4, -0.2) is 22.6 Å². The molecule has 4 nitrogen and oxygen atoms in total. The van der Waals surface area contributed by atoms with Gasteiger partial charge in [0.05, 0.1) is 0 Å². The summed E-state index contributed by atoms with van der Waals surface area (Å²) in [4.78, 5) is 10.8. The van der Waals surface area contributed by atoms with Gasteiger partial charge in [0.1, 0.15) is 18.0 Å². The highest BCUT2D eigenvalue weighted by Crippen LogP contribution is 2.28. The van der Waals surface area contributed by atoms with E-state index in [2.05, 4.69) is 28.7 Å². The summed E-state index contributed by atoms with van der Waals surface area (Å²) in [6.07, 6.45) is 6.78. The van der Waals surface area contributed by atoms with Gasteiger partial charge < -0.3 is 10.6 Å². The van der Waals surface area contributed by atoms with Crippen LogP contribution in [0.5, 0.6) is 0 Å². The van der Waals surface area contributed by atoms with Crippen LogP contribution in [0.25, 0.3) is 0 Å². The van der Waals surface area contributed by atoms with Gasteiger partial charge in [-0.1, -0.05) is 26.7 Å². The summed E-state index contributed by atoms with van der Waals surface area (Å²) in [5, 5.41) is 0. The van der Waals surface area contributed by atoms with E-state index in [-0.39, 0.29) is 0 Å². The maximum absolute atomic E-state index is 5.75. The number of hydrogen-bond donors (Lipinski definition) is 1. The SMILES string of the molecule is CC(C)CN(c1cc(N)ncn1)C1CCCC1. The maximum atomic E-state index is 5.75. The predicted octanol–water partition coefficient (Wildman–Crippen LogP) is 2.46. The van der Waals surface area contributed by atoms with Crippen molar-refractivity contribution < 1.29 is 0 Å². The zero-order chi connectivity index (χ0) is 12.3. The number of nitrogens with zero attached hydrogens (tertiary/aromatic N) is 3. The first-order chi connectivity index (χ1) is 8.16. The average Bonchev–Trinajstić information content (AvgIpc) is 2.79. The Bertz CT molecular complexity index is 358. The Kier molecular flexibility index (Phi) is 3.82. The average molecular weight is 234 g/mol. The van der Waals surface area contributed by atoms with Crippen molar-refractivity contribution in [2.24, 2.45) is 5.92 Å². The van der Waals surface area contributed by atoms with Crippen LogP contribution in [0.15, 0.2) is 12.4 Å². The second-order valence-corrected chi connectivity index (χ2v) is 5.29. The Hall–Kier alpha value is -1.32. The molecule has 0 bridgehead atoms. The molecule has 1 aliphatic rings. The molecule has 0 saturated heterocycles. The molecule has 1 saturated carbocycles. The number of aromatic nitrogens is 2. The molecular weight excluding hydrogens is 212 g/mol. The standard InChI is InChI=1S/C13H22N4/c1-10(2)8-17(11-5-3-4-6-11)13-7-12(14)15-9-16-13/h7,9-11H,3-6,8H2,1-2H3,(H2,14,15,16). The molecule has 0 aliphatic heterocycles. The number of nitrogens with two attached hydrogens (primary N) is 1. The third kappa shape index (κ3) is 3.08. The lowest BCUT2D eigenvalue weighted by Gasteiger charge is -2.31. The largest absolute Gasteiger partial charge is 0.384 e. The summed E-state index contributed by atoms with van der Waals surface area (Å²) < 4.78 is 0. The second kappa shape index (κ2) is 5.34. The third-order valence-corrected chi connectivity index (χ3v) is 3.30. The van der Waals surface area contributed by atoms with Crippen LogP contribution < -0.4 is 10.6 Å². The van der Waals surface area contributed by atoms with E-state index < -0.39 is 0 Å². The molecule has 1 fully saturated rings. The quantitative estimate of drug-likeness (QED) is 0.869. The zero-order valence-corrected chi connectivity index (χ0v) is 10.8. The van der Waals surface area contributed by atoms with Gasteiger partial charge in [-0.15, -0.1) is 0 Å². The van der Waals surface area contributed by atoms with Gasteiger partial charge in [-0.05, 0) is 18.8 Å². The molecule has 17 heavy (non-hydrogen) atoms. The number of nitrogen functional groups attached to an aromatic ring is 1. The molecule has 0 aromatic carbocycles. The summed E-state index contributed by atoms with van der Waals surface area (Å²) in [5.74, 6) is 2.17. The highest BCUT2D eigenvalue weighted by molar-refractivity contribution is 5.46. The molecule has 0 amide bonds. The summed E-state index contributed by atoms with van der Waals surface area (Å²) in [6.45, 7) is 5.53. The van der Waals surface area contributed by atoms with Gasteiger partial charge >= 0.3 is 0 Å². The van der Waals surface area contributed by atoms with Crippen molar-refractivity contribution in [1.29, 1.82) is 0 Å². The lowest BCUT2D eigenvalue weighted by molar-refractivity contribution is 0.531.